The third kappa shape index (κ3) is 2.80. The molecule has 1 aromatic carbocycles. The van der Waals surface area contributed by atoms with E-state index in [1.54, 1.807) is 11.0 Å². The number of aromatic nitrogens is 4. The smallest absolute Gasteiger partial charge is 0.143 e. The molecule has 0 saturated heterocycles. The van der Waals surface area contributed by atoms with Crippen LogP contribution in [0.5, 0.6) is 0 Å². The number of hydrogen-bond donors (Lipinski definition) is 2. The number of aryl methyl sites for hydroxylation is 1. The van der Waals surface area contributed by atoms with Gasteiger partial charge in [-0.1, -0.05) is 6.07 Å². The zero-order chi connectivity index (χ0) is 13.9. The zero-order valence-corrected chi connectivity index (χ0v) is 11.5. The van der Waals surface area contributed by atoms with Crippen LogP contribution in [0.4, 0.5) is 5.69 Å². The Morgan fingerprint density at radius 2 is 2.05 bits per heavy atom. The number of tetrazole rings is 1. The Hall–Kier alpha value is -1.95. The lowest BCUT2D eigenvalue weighted by atomic mass is 9.93. The summed E-state index contributed by atoms with van der Waals surface area (Å²) in [7, 11) is 0. The van der Waals surface area contributed by atoms with Gasteiger partial charge in [0.25, 0.3) is 0 Å². The van der Waals surface area contributed by atoms with Crippen LogP contribution in [-0.2, 0) is 0 Å². The summed E-state index contributed by atoms with van der Waals surface area (Å²) in [6, 6.07) is 6.64. The van der Waals surface area contributed by atoms with Gasteiger partial charge in [0.05, 0.1) is 11.8 Å². The van der Waals surface area contributed by atoms with Crippen LogP contribution < -0.4 is 5.32 Å². The van der Waals surface area contributed by atoms with Gasteiger partial charge in [0.1, 0.15) is 6.33 Å². The highest BCUT2D eigenvalue weighted by Crippen LogP contribution is 2.24. The van der Waals surface area contributed by atoms with Gasteiger partial charge in [-0.05, 0) is 60.7 Å². The fraction of sp³-hybridized carbons (Fsp3) is 0.500. The van der Waals surface area contributed by atoms with Gasteiger partial charge < -0.3 is 10.4 Å². The molecule has 0 unspecified atom stereocenters. The molecule has 0 spiro atoms. The number of nitrogens with one attached hydrogen (secondary N) is 1. The van der Waals surface area contributed by atoms with Crippen molar-refractivity contribution in [1.82, 2.24) is 20.2 Å². The first-order valence-corrected chi connectivity index (χ1v) is 7.01. The predicted molar refractivity (Wildman–Crippen MR) is 75.8 cm³/mol. The third-order valence-corrected chi connectivity index (χ3v) is 3.87. The Morgan fingerprint density at radius 3 is 2.75 bits per heavy atom. The van der Waals surface area contributed by atoms with Crippen LogP contribution in [0, 0.1) is 6.92 Å². The predicted octanol–water partition coefficient (Wildman–Crippen LogP) is 1.69. The lowest BCUT2D eigenvalue weighted by Gasteiger charge is -2.27. The summed E-state index contributed by atoms with van der Waals surface area (Å²) < 4.78 is 1.67. The van der Waals surface area contributed by atoms with E-state index in [2.05, 4.69) is 39.0 Å². The number of anilines is 1. The second-order valence-electron chi connectivity index (χ2n) is 5.41. The van der Waals surface area contributed by atoms with Crippen molar-refractivity contribution in [1.29, 1.82) is 0 Å². The molecule has 3 rings (SSSR count). The summed E-state index contributed by atoms with van der Waals surface area (Å²) in [5.74, 6) is 0. The molecule has 0 bridgehead atoms. The van der Waals surface area contributed by atoms with Crippen molar-refractivity contribution in [3.8, 4) is 5.69 Å². The van der Waals surface area contributed by atoms with E-state index in [4.69, 9.17) is 0 Å². The SMILES string of the molecule is Cc1ccc(NC2CCC(O)CC2)cc1-n1cnnn1. The van der Waals surface area contributed by atoms with Crippen molar-refractivity contribution < 1.29 is 5.11 Å². The normalized spacial score (nSPS) is 22.7. The largest absolute Gasteiger partial charge is 0.393 e. The Kier molecular flexibility index (Phi) is 3.64. The molecule has 1 aliphatic carbocycles. The molecule has 20 heavy (non-hydrogen) atoms. The van der Waals surface area contributed by atoms with E-state index >= 15 is 0 Å². The third-order valence-electron chi connectivity index (χ3n) is 3.87. The van der Waals surface area contributed by atoms with E-state index in [-0.39, 0.29) is 6.10 Å². The van der Waals surface area contributed by atoms with Crippen LogP contribution in [-0.4, -0.2) is 37.5 Å². The van der Waals surface area contributed by atoms with Crippen LogP contribution in [0.1, 0.15) is 31.2 Å². The van der Waals surface area contributed by atoms with Crippen molar-refractivity contribution in [2.75, 3.05) is 5.32 Å². The molecule has 6 heteroatoms. The van der Waals surface area contributed by atoms with E-state index in [1.807, 2.05) is 6.92 Å². The molecule has 6 nitrogen and oxygen atoms in total. The number of hydrogen-bond acceptors (Lipinski definition) is 5. The lowest BCUT2D eigenvalue weighted by molar-refractivity contribution is 0.126. The van der Waals surface area contributed by atoms with Gasteiger partial charge >= 0.3 is 0 Å². The monoisotopic (exact) mass is 273 g/mol. The molecule has 1 aliphatic rings. The first-order chi connectivity index (χ1) is 9.72. The standard InChI is InChI=1S/C14H19N5O/c1-10-2-3-12(8-14(10)19-9-15-17-18-19)16-11-4-6-13(20)7-5-11/h2-3,8-9,11,13,16,20H,4-7H2,1H3. The van der Waals surface area contributed by atoms with E-state index in [0.29, 0.717) is 6.04 Å². The number of benzene rings is 1. The second-order valence-corrected chi connectivity index (χ2v) is 5.41. The molecule has 1 fully saturated rings. The molecule has 2 aromatic rings. The molecule has 0 amide bonds. The average molecular weight is 273 g/mol. The molecule has 106 valence electrons. The summed E-state index contributed by atoms with van der Waals surface area (Å²) in [5.41, 5.74) is 3.18. The second kappa shape index (κ2) is 5.58. The number of nitrogens with zero attached hydrogens (tertiary/aromatic N) is 4. The molecule has 2 N–H and O–H groups in total. The maximum Gasteiger partial charge on any atom is 0.143 e. The van der Waals surface area contributed by atoms with Gasteiger partial charge in [-0.3, -0.25) is 0 Å². The van der Waals surface area contributed by atoms with Crippen LogP contribution >= 0.6 is 0 Å². The van der Waals surface area contributed by atoms with E-state index in [1.165, 1.54) is 0 Å². The maximum absolute atomic E-state index is 9.55. The van der Waals surface area contributed by atoms with Gasteiger partial charge in [0, 0.05) is 11.7 Å². The molecule has 0 atom stereocenters. The van der Waals surface area contributed by atoms with Crippen molar-refractivity contribution in [2.24, 2.45) is 0 Å². The molecular weight excluding hydrogens is 254 g/mol. The first kappa shape index (κ1) is 13.1. The van der Waals surface area contributed by atoms with E-state index in [9.17, 15) is 5.11 Å². The lowest BCUT2D eigenvalue weighted by Crippen LogP contribution is -2.28. The molecule has 1 heterocycles. The topological polar surface area (TPSA) is 75.9 Å². The highest BCUT2D eigenvalue weighted by Gasteiger charge is 2.19. The van der Waals surface area contributed by atoms with Crippen LogP contribution in [0.3, 0.4) is 0 Å². The maximum atomic E-state index is 9.55. The minimum Gasteiger partial charge on any atom is -0.393 e. The van der Waals surface area contributed by atoms with E-state index in [0.717, 1.165) is 42.6 Å². The van der Waals surface area contributed by atoms with Gasteiger partial charge in [-0.25, -0.2) is 4.68 Å². The number of aliphatic hydroxyl groups is 1. The van der Waals surface area contributed by atoms with Crippen molar-refractivity contribution in [3.63, 3.8) is 0 Å². The summed E-state index contributed by atoms with van der Waals surface area (Å²) >= 11 is 0. The Labute approximate surface area is 117 Å². The zero-order valence-electron chi connectivity index (χ0n) is 11.5. The quantitative estimate of drug-likeness (QED) is 0.890. The van der Waals surface area contributed by atoms with Crippen molar-refractivity contribution in [3.05, 3.63) is 30.1 Å². The van der Waals surface area contributed by atoms with E-state index < -0.39 is 0 Å². The number of aliphatic hydroxyl groups excluding tert-OH is 1. The number of rotatable bonds is 3. The summed E-state index contributed by atoms with van der Waals surface area (Å²) in [4.78, 5) is 0. The van der Waals surface area contributed by atoms with Crippen molar-refractivity contribution in [2.45, 2.75) is 44.8 Å². The van der Waals surface area contributed by atoms with Crippen LogP contribution in [0.15, 0.2) is 24.5 Å². The molecule has 0 aliphatic heterocycles. The minimum absolute atomic E-state index is 0.122. The van der Waals surface area contributed by atoms with Gasteiger partial charge in [-0.2, -0.15) is 0 Å². The summed E-state index contributed by atoms with van der Waals surface area (Å²) in [5, 5.41) is 24.4. The van der Waals surface area contributed by atoms with Crippen LogP contribution in [0.25, 0.3) is 5.69 Å². The van der Waals surface area contributed by atoms with Crippen LogP contribution in [0.2, 0.25) is 0 Å². The Morgan fingerprint density at radius 1 is 1.25 bits per heavy atom. The molecule has 1 aromatic heterocycles. The average Bonchev–Trinajstić information content (AvgIpc) is 2.97. The molecule has 0 radical (unpaired) electrons. The van der Waals surface area contributed by atoms with Gasteiger partial charge in [0.15, 0.2) is 0 Å². The Bertz CT molecular complexity index is 561. The Balaban J connectivity index is 1.76. The van der Waals surface area contributed by atoms with Crippen molar-refractivity contribution >= 4 is 5.69 Å². The minimum atomic E-state index is -0.122. The molecular formula is C14H19N5O. The summed E-state index contributed by atoms with van der Waals surface area (Å²) in [6.45, 7) is 2.04. The van der Waals surface area contributed by atoms with Gasteiger partial charge in [0.2, 0.25) is 0 Å². The highest BCUT2D eigenvalue weighted by atomic mass is 16.3. The fourth-order valence-electron chi connectivity index (χ4n) is 2.67. The highest BCUT2D eigenvalue weighted by molar-refractivity contribution is 5.55. The van der Waals surface area contributed by atoms with Gasteiger partial charge in [-0.15, -0.1) is 5.10 Å². The first-order valence-electron chi connectivity index (χ1n) is 7.01. The fourth-order valence-corrected chi connectivity index (χ4v) is 2.67. The summed E-state index contributed by atoms with van der Waals surface area (Å²) in [6.07, 6.45) is 5.25. The molecule has 1 saturated carbocycles.